The van der Waals surface area contributed by atoms with Crippen LogP contribution in [0.1, 0.15) is 12.8 Å². The highest BCUT2D eigenvalue weighted by Gasteiger charge is 2.48. The van der Waals surface area contributed by atoms with Crippen molar-refractivity contribution in [3.05, 3.63) is 0 Å². The fourth-order valence-electron chi connectivity index (χ4n) is 2.22. The van der Waals surface area contributed by atoms with E-state index in [1.807, 2.05) is 0 Å². The van der Waals surface area contributed by atoms with Crippen LogP contribution in [-0.4, -0.2) is 61.9 Å². The minimum Gasteiger partial charge on any atom is -0.477 e. The highest BCUT2D eigenvalue weighted by atomic mass is 32.2. The average Bonchev–Trinajstić information content (AvgIpc) is 2.54. The van der Waals surface area contributed by atoms with Crippen LogP contribution in [0, 0.1) is 0 Å². The van der Waals surface area contributed by atoms with Crippen LogP contribution >= 0.6 is 0 Å². The van der Waals surface area contributed by atoms with Crippen molar-refractivity contribution in [1.82, 2.24) is 9.96 Å². The molecule has 2 bridgehead atoms. The zero-order chi connectivity index (χ0) is 13.4. The van der Waals surface area contributed by atoms with Gasteiger partial charge in [0.05, 0.1) is 6.04 Å². The summed E-state index contributed by atoms with van der Waals surface area (Å²) in [6.07, 6.45) is -0.0285. The predicted octanol–water partition coefficient (Wildman–Crippen LogP) is -0.0972. The summed E-state index contributed by atoms with van der Waals surface area (Å²) in [5.41, 5.74) is 0. The van der Waals surface area contributed by atoms with Crippen LogP contribution in [-0.2, 0) is 20.4 Å². The molecule has 102 valence electrons. The normalized spacial score (nSPS) is 30.4. The number of carboxylic acids is 1. The first kappa shape index (κ1) is 13.2. The Morgan fingerprint density at radius 1 is 1.61 bits per heavy atom. The van der Waals surface area contributed by atoms with Gasteiger partial charge in [-0.15, -0.1) is 0 Å². The number of hydroxylamine groups is 2. The number of amides is 2. The SMILES string of the molecule is C[S@](=O)[C@@H]1CC[C@@H]2CN1C(=O)N2O[C@H](F)C(=O)O. The second kappa shape index (κ2) is 4.81. The van der Waals surface area contributed by atoms with Crippen LogP contribution < -0.4 is 0 Å². The number of halogens is 1. The van der Waals surface area contributed by atoms with Gasteiger partial charge in [-0.1, -0.05) is 0 Å². The summed E-state index contributed by atoms with van der Waals surface area (Å²) in [4.78, 5) is 28.1. The first-order valence-corrected chi connectivity index (χ1v) is 6.99. The highest BCUT2D eigenvalue weighted by molar-refractivity contribution is 7.84. The molecule has 2 aliphatic rings. The Bertz CT molecular complexity index is 406. The molecule has 2 amide bonds. The van der Waals surface area contributed by atoms with E-state index < -0.39 is 34.5 Å². The van der Waals surface area contributed by atoms with Crippen LogP contribution in [0.25, 0.3) is 0 Å². The molecule has 2 aliphatic heterocycles. The summed E-state index contributed by atoms with van der Waals surface area (Å²) in [5.74, 6) is -1.78. The number of nitrogens with zero attached hydrogens (tertiary/aromatic N) is 2. The number of rotatable bonds is 4. The van der Waals surface area contributed by atoms with Gasteiger partial charge in [0.25, 0.3) is 0 Å². The average molecular weight is 280 g/mol. The fraction of sp³-hybridized carbons (Fsp3) is 0.778. The number of piperidine rings is 1. The minimum absolute atomic E-state index is 0.287. The molecule has 2 fully saturated rings. The van der Waals surface area contributed by atoms with E-state index in [4.69, 9.17) is 5.11 Å². The number of urea groups is 1. The van der Waals surface area contributed by atoms with Crippen molar-refractivity contribution in [2.45, 2.75) is 30.6 Å². The Morgan fingerprint density at radius 2 is 2.28 bits per heavy atom. The smallest absolute Gasteiger partial charge is 0.368 e. The van der Waals surface area contributed by atoms with E-state index in [0.717, 1.165) is 5.06 Å². The van der Waals surface area contributed by atoms with E-state index in [1.165, 1.54) is 11.2 Å². The lowest BCUT2D eigenvalue weighted by Gasteiger charge is -2.28. The number of hydrogen-bond acceptors (Lipinski definition) is 4. The monoisotopic (exact) mass is 280 g/mol. The molecular weight excluding hydrogens is 267 g/mol. The molecule has 1 N–H and O–H groups in total. The van der Waals surface area contributed by atoms with E-state index in [0.29, 0.717) is 12.8 Å². The number of fused-ring (bicyclic) bond motifs is 2. The number of carboxylic acid groups (broad SMARTS) is 1. The molecule has 4 atom stereocenters. The Morgan fingerprint density at radius 3 is 2.83 bits per heavy atom. The molecule has 0 aromatic heterocycles. The fourth-order valence-corrected chi connectivity index (χ4v) is 3.23. The van der Waals surface area contributed by atoms with Crippen molar-refractivity contribution in [2.75, 3.05) is 12.8 Å². The lowest BCUT2D eigenvalue weighted by molar-refractivity contribution is -0.223. The molecule has 0 saturated carbocycles. The van der Waals surface area contributed by atoms with E-state index in [1.54, 1.807) is 0 Å². The molecule has 2 heterocycles. The van der Waals surface area contributed by atoms with Gasteiger partial charge in [-0.25, -0.2) is 18.8 Å². The van der Waals surface area contributed by atoms with E-state index in [9.17, 15) is 18.2 Å². The Labute approximate surface area is 105 Å². The molecule has 2 rings (SSSR count). The highest BCUT2D eigenvalue weighted by Crippen LogP contribution is 2.31. The second-order valence-corrected chi connectivity index (χ2v) is 5.75. The van der Waals surface area contributed by atoms with Gasteiger partial charge in [-0.2, -0.15) is 5.06 Å². The van der Waals surface area contributed by atoms with Crippen molar-refractivity contribution in [1.29, 1.82) is 0 Å². The number of carbonyl (C=O) groups excluding carboxylic acids is 1. The first-order chi connectivity index (χ1) is 8.41. The summed E-state index contributed by atoms with van der Waals surface area (Å²) in [6.45, 7) is 0.287. The molecule has 18 heavy (non-hydrogen) atoms. The summed E-state index contributed by atoms with van der Waals surface area (Å²) in [7, 11) is -1.20. The third-order valence-electron chi connectivity index (χ3n) is 3.05. The zero-order valence-electron chi connectivity index (χ0n) is 9.61. The second-order valence-electron chi connectivity index (χ2n) is 4.20. The van der Waals surface area contributed by atoms with Gasteiger partial charge >= 0.3 is 18.4 Å². The molecular formula is C9H13FN2O5S. The van der Waals surface area contributed by atoms with Gasteiger partial charge in [0.1, 0.15) is 5.37 Å². The van der Waals surface area contributed by atoms with Gasteiger partial charge in [0.2, 0.25) is 0 Å². The van der Waals surface area contributed by atoms with E-state index in [-0.39, 0.29) is 12.6 Å². The third-order valence-corrected chi connectivity index (χ3v) is 4.31. The van der Waals surface area contributed by atoms with Crippen LogP contribution in [0.2, 0.25) is 0 Å². The lowest BCUT2D eigenvalue weighted by atomic mass is 10.1. The largest absolute Gasteiger partial charge is 0.477 e. The summed E-state index contributed by atoms with van der Waals surface area (Å²) in [5, 5.41) is 8.75. The summed E-state index contributed by atoms with van der Waals surface area (Å²) >= 11 is 0. The number of carbonyl (C=O) groups is 2. The Kier molecular flexibility index (Phi) is 3.53. The molecule has 0 aromatic rings. The van der Waals surface area contributed by atoms with Gasteiger partial charge in [0.15, 0.2) is 0 Å². The van der Waals surface area contributed by atoms with Crippen molar-refractivity contribution in [3.8, 4) is 0 Å². The minimum atomic E-state index is -2.57. The van der Waals surface area contributed by atoms with Crippen LogP contribution in [0.5, 0.6) is 0 Å². The topological polar surface area (TPSA) is 87.2 Å². The van der Waals surface area contributed by atoms with Crippen molar-refractivity contribution < 1.29 is 28.1 Å². The third kappa shape index (κ3) is 2.19. The molecule has 0 unspecified atom stereocenters. The molecule has 0 aliphatic carbocycles. The predicted molar refractivity (Wildman–Crippen MR) is 58.4 cm³/mol. The number of alkyl halides is 1. The first-order valence-electron chi connectivity index (χ1n) is 5.37. The van der Waals surface area contributed by atoms with Crippen LogP contribution in [0.4, 0.5) is 9.18 Å². The van der Waals surface area contributed by atoms with Gasteiger partial charge in [0, 0.05) is 23.6 Å². The lowest BCUT2D eigenvalue weighted by Crippen LogP contribution is -2.42. The summed E-state index contributed by atoms with van der Waals surface area (Å²) in [6, 6.07) is -1.00. The molecule has 2 saturated heterocycles. The molecule has 0 radical (unpaired) electrons. The van der Waals surface area contributed by atoms with Crippen LogP contribution in [0.3, 0.4) is 0 Å². The molecule has 7 nitrogen and oxygen atoms in total. The zero-order valence-corrected chi connectivity index (χ0v) is 10.4. The summed E-state index contributed by atoms with van der Waals surface area (Å²) < 4.78 is 24.4. The van der Waals surface area contributed by atoms with Crippen molar-refractivity contribution in [3.63, 3.8) is 0 Å². The Hall–Kier alpha value is -1.22. The van der Waals surface area contributed by atoms with Gasteiger partial charge in [-0.05, 0) is 12.8 Å². The van der Waals surface area contributed by atoms with Crippen LogP contribution in [0.15, 0.2) is 0 Å². The molecule has 0 spiro atoms. The van der Waals surface area contributed by atoms with E-state index >= 15 is 0 Å². The maximum atomic E-state index is 13.0. The van der Waals surface area contributed by atoms with Gasteiger partial charge < -0.3 is 10.0 Å². The number of hydrogen-bond donors (Lipinski definition) is 1. The van der Waals surface area contributed by atoms with Crippen molar-refractivity contribution >= 4 is 22.8 Å². The molecule has 9 heteroatoms. The standard InChI is InChI=1S/C9H13FN2O5S/c1-18(16)6-3-2-5-4-11(6)9(15)12(5)17-7(10)8(13)14/h5-7H,2-4H2,1H3,(H,13,14)/t5-,6-,7+,18+/m1/s1. The Balaban J connectivity index is 2.10. The quantitative estimate of drug-likeness (QED) is 0.777. The van der Waals surface area contributed by atoms with E-state index in [2.05, 4.69) is 4.84 Å². The van der Waals surface area contributed by atoms with Crippen molar-refractivity contribution in [2.24, 2.45) is 0 Å². The maximum absolute atomic E-state index is 13.0. The maximum Gasteiger partial charge on any atom is 0.368 e. The molecule has 0 aromatic carbocycles. The van der Waals surface area contributed by atoms with Gasteiger partial charge in [-0.3, -0.25) is 4.21 Å². The number of aliphatic carboxylic acids is 1.